The maximum atomic E-state index is 13.5. The monoisotopic (exact) mass is 498 g/mol. The Morgan fingerprint density at radius 1 is 1.18 bits per heavy atom. The molecular formula is C25H26N2O5S2. The molecule has 0 amide bonds. The number of fused-ring (bicyclic) bond motifs is 1. The van der Waals surface area contributed by atoms with Crippen LogP contribution in [-0.2, 0) is 14.3 Å². The molecule has 9 heteroatoms. The van der Waals surface area contributed by atoms with Gasteiger partial charge in [-0.2, -0.15) is 0 Å². The SMILES string of the molecule is CCCOc1ccc(/C=c2\sc3n(c2=O)[C@H](c2cccs2)C(C(=O)OCCOC)=C(C)N=3)cc1. The maximum absolute atomic E-state index is 13.5. The molecule has 0 bridgehead atoms. The van der Waals surface area contributed by atoms with Crippen LogP contribution < -0.4 is 19.6 Å². The second-order valence-electron chi connectivity index (χ2n) is 7.64. The first-order valence-electron chi connectivity index (χ1n) is 11.0. The van der Waals surface area contributed by atoms with Crippen molar-refractivity contribution in [1.29, 1.82) is 0 Å². The molecule has 1 aliphatic rings. The van der Waals surface area contributed by atoms with Gasteiger partial charge in [0.25, 0.3) is 5.56 Å². The molecule has 0 N–H and O–H groups in total. The zero-order valence-electron chi connectivity index (χ0n) is 19.3. The summed E-state index contributed by atoms with van der Waals surface area (Å²) in [5.74, 6) is 0.305. The number of aromatic nitrogens is 1. The fourth-order valence-electron chi connectivity index (χ4n) is 3.63. The molecule has 0 spiro atoms. The van der Waals surface area contributed by atoms with Crippen molar-refractivity contribution >= 4 is 34.7 Å². The van der Waals surface area contributed by atoms with Gasteiger partial charge in [-0.1, -0.05) is 36.5 Å². The number of rotatable bonds is 9. The van der Waals surface area contributed by atoms with Gasteiger partial charge in [0.2, 0.25) is 0 Å². The van der Waals surface area contributed by atoms with E-state index in [2.05, 4.69) is 11.9 Å². The normalized spacial score (nSPS) is 15.7. The van der Waals surface area contributed by atoms with Crippen LogP contribution in [-0.4, -0.2) is 37.5 Å². The van der Waals surface area contributed by atoms with Crippen molar-refractivity contribution in [2.24, 2.45) is 4.99 Å². The van der Waals surface area contributed by atoms with Crippen LogP contribution in [0.1, 0.15) is 36.8 Å². The predicted molar refractivity (Wildman–Crippen MR) is 133 cm³/mol. The Bertz CT molecular complexity index is 1350. The predicted octanol–water partition coefficient (Wildman–Crippen LogP) is 3.28. The average molecular weight is 499 g/mol. The summed E-state index contributed by atoms with van der Waals surface area (Å²) in [6.07, 6.45) is 2.78. The van der Waals surface area contributed by atoms with Crippen molar-refractivity contribution in [2.75, 3.05) is 26.9 Å². The molecule has 2 aromatic heterocycles. The maximum Gasteiger partial charge on any atom is 0.338 e. The summed E-state index contributed by atoms with van der Waals surface area (Å²) in [6, 6.07) is 10.9. The number of hydrogen-bond donors (Lipinski definition) is 0. The lowest BCUT2D eigenvalue weighted by Gasteiger charge is -2.23. The molecule has 1 aliphatic heterocycles. The first-order valence-corrected chi connectivity index (χ1v) is 12.7. The number of hydrogen-bond acceptors (Lipinski definition) is 8. The number of esters is 1. The molecule has 0 radical (unpaired) electrons. The van der Waals surface area contributed by atoms with Gasteiger partial charge in [-0.3, -0.25) is 9.36 Å². The van der Waals surface area contributed by atoms with Gasteiger partial charge in [0, 0.05) is 12.0 Å². The lowest BCUT2D eigenvalue weighted by molar-refractivity contribution is -0.140. The van der Waals surface area contributed by atoms with Crippen molar-refractivity contribution in [1.82, 2.24) is 4.57 Å². The first kappa shape index (κ1) is 24.1. The fourth-order valence-corrected chi connectivity index (χ4v) is 5.50. The van der Waals surface area contributed by atoms with Crippen LogP contribution in [0.25, 0.3) is 6.08 Å². The molecule has 0 saturated carbocycles. The van der Waals surface area contributed by atoms with E-state index in [0.29, 0.717) is 33.8 Å². The Balaban J connectivity index is 1.75. The number of carbonyl (C=O) groups is 1. The van der Waals surface area contributed by atoms with Crippen LogP contribution in [0.3, 0.4) is 0 Å². The topological polar surface area (TPSA) is 79.1 Å². The van der Waals surface area contributed by atoms with Crippen molar-refractivity contribution in [3.63, 3.8) is 0 Å². The van der Waals surface area contributed by atoms with E-state index in [-0.39, 0.29) is 12.2 Å². The van der Waals surface area contributed by atoms with E-state index in [1.54, 1.807) is 18.6 Å². The molecule has 3 aromatic rings. The van der Waals surface area contributed by atoms with E-state index < -0.39 is 12.0 Å². The van der Waals surface area contributed by atoms with Crippen LogP contribution in [0.4, 0.5) is 0 Å². The Kier molecular flexibility index (Phi) is 7.77. The van der Waals surface area contributed by atoms with Gasteiger partial charge < -0.3 is 14.2 Å². The van der Waals surface area contributed by atoms with Crippen LogP contribution in [0.2, 0.25) is 0 Å². The summed E-state index contributed by atoms with van der Waals surface area (Å²) in [5, 5.41) is 1.93. The second kappa shape index (κ2) is 10.9. The molecule has 0 fully saturated rings. The smallest absolute Gasteiger partial charge is 0.338 e. The van der Waals surface area contributed by atoms with Gasteiger partial charge in [-0.05, 0) is 48.6 Å². The standard InChI is InChI=1S/C25H26N2O5S2/c1-4-11-31-18-9-7-17(8-10-18)15-20-23(28)27-22(19-6-5-14-33-19)21(16(2)26-25(27)34-20)24(29)32-13-12-30-3/h5-10,14-15,22H,4,11-13H2,1-3H3/b20-15-/t22-/m1/s1. The molecular weight excluding hydrogens is 472 g/mol. The highest BCUT2D eigenvalue weighted by Gasteiger charge is 2.34. The van der Waals surface area contributed by atoms with Gasteiger partial charge >= 0.3 is 5.97 Å². The van der Waals surface area contributed by atoms with Crippen LogP contribution in [0.15, 0.2) is 62.8 Å². The van der Waals surface area contributed by atoms with Gasteiger partial charge in [0.1, 0.15) is 18.4 Å². The lowest BCUT2D eigenvalue weighted by atomic mass is 10.0. The fraction of sp³-hybridized carbons (Fsp3) is 0.320. The molecule has 7 nitrogen and oxygen atoms in total. The molecule has 4 rings (SSSR count). The number of nitrogens with zero attached hydrogens (tertiary/aromatic N) is 2. The lowest BCUT2D eigenvalue weighted by Crippen LogP contribution is -2.39. The summed E-state index contributed by atoms with van der Waals surface area (Å²) < 4.78 is 18.2. The third kappa shape index (κ3) is 5.06. The Morgan fingerprint density at radius 3 is 2.65 bits per heavy atom. The molecule has 3 heterocycles. The van der Waals surface area contributed by atoms with Gasteiger partial charge in [0.15, 0.2) is 4.80 Å². The highest BCUT2D eigenvalue weighted by molar-refractivity contribution is 7.10. The minimum atomic E-state index is -0.585. The number of ether oxygens (including phenoxy) is 3. The van der Waals surface area contributed by atoms with Crippen LogP contribution in [0.5, 0.6) is 5.75 Å². The number of thiazole rings is 1. The van der Waals surface area contributed by atoms with Crippen molar-refractivity contribution < 1.29 is 19.0 Å². The van der Waals surface area contributed by atoms with Crippen molar-refractivity contribution in [3.8, 4) is 5.75 Å². The van der Waals surface area contributed by atoms with Gasteiger partial charge in [0.05, 0.1) is 29.0 Å². The number of methoxy groups -OCH3 is 1. The molecule has 0 saturated heterocycles. The summed E-state index contributed by atoms with van der Waals surface area (Å²) in [6.45, 7) is 4.93. The molecule has 0 aliphatic carbocycles. The average Bonchev–Trinajstić information content (AvgIpc) is 3.46. The third-order valence-electron chi connectivity index (χ3n) is 5.23. The van der Waals surface area contributed by atoms with E-state index in [4.69, 9.17) is 14.2 Å². The summed E-state index contributed by atoms with van der Waals surface area (Å²) in [5.41, 5.74) is 1.61. The molecule has 178 valence electrons. The molecule has 1 aromatic carbocycles. The van der Waals surface area contributed by atoms with E-state index in [1.807, 2.05) is 47.9 Å². The van der Waals surface area contributed by atoms with Crippen LogP contribution in [0, 0.1) is 0 Å². The number of allylic oxidation sites excluding steroid dienone is 1. The Morgan fingerprint density at radius 2 is 1.97 bits per heavy atom. The highest BCUT2D eigenvalue weighted by Crippen LogP contribution is 2.33. The Labute approximate surface area is 205 Å². The summed E-state index contributed by atoms with van der Waals surface area (Å²) in [7, 11) is 1.55. The van der Waals surface area contributed by atoms with E-state index >= 15 is 0 Å². The summed E-state index contributed by atoms with van der Waals surface area (Å²) >= 11 is 2.80. The zero-order valence-corrected chi connectivity index (χ0v) is 20.9. The van der Waals surface area contributed by atoms with E-state index in [0.717, 1.165) is 22.6 Å². The molecule has 34 heavy (non-hydrogen) atoms. The highest BCUT2D eigenvalue weighted by atomic mass is 32.1. The second-order valence-corrected chi connectivity index (χ2v) is 9.63. The van der Waals surface area contributed by atoms with Crippen molar-refractivity contribution in [3.05, 3.63) is 83.2 Å². The molecule has 1 atom stereocenters. The van der Waals surface area contributed by atoms with E-state index in [9.17, 15) is 9.59 Å². The van der Waals surface area contributed by atoms with Crippen LogP contribution >= 0.6 is 22.7 Å². The number of benzene rings is 1. The Hall–Kier alpha value is -3.01. The van der Waals surface area contributed by atoms with Gasteiger partial charge in [-0.15, -0.1) is 11.3 Å². The van der Waals surface area contributed by atoms with E-state index in [1.165, 1.54) is 22.7 Å². The zero-order chi connectivity index (χ0) is 24.1. The largest absolute Gasteiger partial charge is 0.494 e. The quantitative estimate of drug-likeness (QED) is 0.334. The number of carbonyl (C=O) groups excluding carboxylic acids is 1. The third-order valence-corrected chi connectivity index (χ3v) is 7.13. The summed E-state index contributed by atoms with van der Waals surface area (Å²) in [4.78, 5) is 32.6. The molecule has 0 unspecified atom stereocenters. The number of thiophene rings is 1. The minimum Gasteiger partial charge on any atom is -0.494 e. The first-order chi connectivity index (χ1) is 16.5. The van der Waals surface area contributed by atoms with Gasteiger partial charge in [-0.25, -0.2) is 9.79 Å². The van der Waals surface area contributed by atoms with Crippen molar-refractivity contribution in [2.45, 2.75) is 26.3 Å². The minimum absolute atomic E-state index is 0.131.